The van der Waals surface area contributed by atoms with Crippen molar-refractivity contribution in [1.82, 2.24) is 15.0 Å². The molecule has 1 aliphatic heterocycles. The molecule has 0 saturated carbocycles. The molecule has 0 unspecified atom stereocenters. The minimum atomic E-state index is -0.176. The maximum Gasteiger partial charge on any atom is 0.228 e. The Labute approximate surface area is 141 Å². The van der Waals surface area contributed by atoms with Crippen LogP contribution >= 0.6 is 0 Å². The third kappa shape index (κ3) is 3.64. The zero-order chi connectivity index (χ0) is 17.1. The van der Waals surface area contributed by atoms with E-state index in [-0.39, 0.29) is 24.2 Å². The third-order valence-corrected chi connectivity index (χ3v) is 4.58. The Morgan fingerprint density at radius 2 is 2.00 bits per heavy atom. The first-order valence-corrected chi connectivity index (χ1v) is 8.23. The fraction of sp³-hybridized carbons (Fsp3) is 0.444. The summed E-state index contributed by atoms with van der Waals surface area (Å²) in [5.41, 5.74) is 1.37. The second kappa shape index (κ2) is 7.13. The molecule has 1 aliphatic rings. The van der Waals surface area contributed by atoms with E-state index in [4.69, 9.17) is 4.52 Å². The number of hydrogen-bond acceptors (Lipinski definition) is 4. The van der Waals surface area contributed by atoms with E-state index in [1.807, 2.05) is 30.9 Å². The van der Waals surface area contributed by atoms with Crippen molar-refractivity contribution < 1.29 is 13.7 Å². The standard InChI is InChI=1S/C18H22FN3O2/c1-13-11-15(20-24-13)12-18(23)22-9-7-21(8-10-22)14(2)16-5-3-4-6-17(16)19/h3-6,11,14H,7-10,12H2,1-2H3/t14-/m1/s1. The lowest BCUT2D eigenvalue weighted by Crippen LogP contribution is -2.49. The summed E-state index contributed by atoms with van der Waals surface area (Å²) < 4.78 is 18.9. The number of carbonyl (C=O) groups excluding carboxylic acids is 1. The average Bonchev–Trinajstić information content (AvgIpc) is 2.99. The van der Waals surface area contributed by atoms with Gasteiger partial charge in [-0.15, -0.1) is 0 Å². The number of piperazine rings is 1. The van der Waals surface area contributed by atoms with Crippen LogP contribution < -0.4 is 0 Å². The Hall–Kier alpha value is -2.21. The molecule has 2 heterocycles. The minimum absolute atomic E-state index is 0.00152. The van der Waals surface area contributed by atoms with Crippen LogP contribution in [-0.4, -0.2) is 47.0 Å². The molecule has 1 amide bonds. The predicted octanol–water partition coefficient (Wildman–Crippen LogP) is 2.57. The smallest absolute Gasteiger partial charge is 0.228 e. The van der Waals surface area contributed by atoms with Gasteiger partial charge in [0.2, 0.25) is 5.91 Å². The molecule has 1 aromatic carbocycles. The van der Waals surface area contributed by atoms with E-state index >= 15 is 0 Å². The van der Waals surface area contributed by atoms with Gasteiger partial charge >= 0.3 is 0 Å². The molecule has 2 aromatic rings. The first-order valence-electron chi connectivity index (χ1n) is 8.23. The highest BCUT2D eigenvalue weighted by atomic mass is 19.1. The number of amides is 1. The number of rotatable bonds is 4. The van der Waals surface area contributed by atoms with E-state index in [0.29, 0.717) is 30.1 Å². The lowest BCUT2D eigenvalue weighted by atomic mass is 10.1. The Balaban J connectivity index is 1.55. The van der Waals surface area contributed by atoms with Crippen LogP contribution in [0.15, 0.2) is 34.9 Å². The molecule has 1 saturated heterocycles. The van der Waals surface area contributed by atoms with E-state index in [1.165, 1.54) is 6.07 Å². The molecule has 1 fully saturated rings. The topological polar surface area (TPSA) is 49.6 Å². The summed E-state index contributed by atoms with van der Waals surface area (Å²) in [5.74, 6) is 0.590. The summed E-state index contributed by atoms with van der Waals surface area (Å²) in [6, 6.07) is 8.66. The molecule has 0 aliphatic carbocycles. The molecule has 0 bridgehead atoms. The van der Waals surface area contributed by atoms with E-state index in [9.17, 15) is 9.18 Å². The highest BCUT2D eigenvalue weighted by Gasteiger charge is 2.26. The lowest BCUT2D eigenvalue weighted by Gasteiger charge is -2.38. The van der Waals surface area contributed by atoms with Crippen molar-refractivity contribution in [2.45, 2.75) is 26.3 Å². The van der Waals surface area contributed by atoms with Crippen molar-refractivity contribution in [3.8, 4) is 0 Å². The molecule has 24 heavy (non-hydrogen) atoms. The monoisotopic (exact) mass is 331 g/mol. The predicted molar refractivity (Wildman–Crippen MR) is 87.9 cm³/mol. The molecule has 0 radical (unpaired) electrons. The zero-order valence-corrected chi connectivity index (χ0v) is 14.0. The summed E-state index contributed by atoms with van der Waals surface area (Å²) >= 11 is 0. The second-order valence-corrected chi connectivity index (χ2v) is 6.22. The van der Waals surface area contributed by atoms with Gasteiger partial charge in [0, 0.05) is 43.9 Å². The van der Waals surface area contributed by atoms with Crippen LogP contribution in [0.25, 0.3) is 0 Å². The van der Waals surface area contributed by atoms with Crippen LogP contribution in [0, 0.1) is 12.7 Å². The summed E-state index contributed by atoms with van der Waals surface area (Å²) in [5, 5.41) is 3.87. The molecular weight excluding hydrogens is 309 g/mol. The second-order valence-electron chi connectivity index (χ2n) is 6.22. The summed E-state index contributed by atoms with van der Waals surface area (Å²) in [4.78, 5) is 16.4. The summed E-state index contributed by atoms with van der Waals surface area (Å²) in [6.07, 6.45) is 0.264. The SMILES string of the molecule is Cc1cc(CC(=O)N2CCN([C@H](C)c3ccccc3F)CC2)no1. The number of benzene rings is 1. The maximum absolute atomic E-state index is 13.9. The minimum Gasteiger partial charge on any atom is -0.361 e. The van der Waals surface area contributed by atoms with Crippen molar-refractivity contribution in [1.29, 1.82) is 0 Å². The number of nitrogens with zero attached hydrogens (tertiary/aromatic N) is 3. The molecule has 5 nitrogen and oxygen atoms in total. The van der Waals surface area contributed by atoms with Gasteiger partial charge in [0.25, 0.3) is 0 Å². The highest BCUT2D eigenvalue weighted by molar-refractivity contribution is 5.78. The molecule has 0 spiro atoms. The van der Waals surface area contributed by atoms with Crippen LogP contribution in [0.3, 0.4) is 0 Å². The number of hydrogen-bond donors (Lipinski definition) is 0. The molecular formula is C18H22FN3O2. The normalized spacial score (nSPS) is 17.0. The molecule has 1 aromatic heterocycles. The lowest BCUT2D eigenvalue weighted by molar-refractivity contribution is -0.132. The number of carbonyl (C=O) groups is 1. The van der Waals surface area contributed by atoms with E-state index in [0.717, 1.165) is 13.1 Å². The summed E-state index contributed by atoms with van der Waals surface area (Å²) in [7, 11) is 0. The number of halogens is 1. The first-order chi connectivity index (χ1) is 11.5. The number of aryl methyl sites for hydroxylation is 1. The van der Waals surface area contributed by atoms with Gasteiger partial charge in [0.15, 0.2) is 0 Å². The fourth-order valence-electron chi connectivity index (χ4n) is 3.14. The molecule has 1 atom stereocenters. The molecule has 6 heteroatoms. The van der Waals surface area contributed by atoms with E-state index in [1.54, 1.807) is 12.1 Å². The van der Waals surface area contributed by atoms with Crippen LogP contribution in [-0.2, 0) is 11.2 Å². The number of aromatic nitrogens is 1. The molecule has 128 valence electrons. The first kappa shape index (κ1) is 16.6. The highest BCUT2D eigenvalue weighted by Crippen LogP contribution is 2.24. The van der Waals surface area contributed by atoms with Crippen molar-refractivity contribution in [3.05, 3.63) is 53.2 Å². The van der Waals surface area contributed by atoms with Gasteiger partial charge in [-0.05, 0) is 19.9 Å². The average molecular weight is 331 g/mol. The summed E-state index contributed by atoms with van der Waals surface area (Å²) in [6.45, 7) is 6.58. The van der Waals surface area contributed by atoms with Gasteiger partial charge in [-0.3, -0.25) is 9.69 Å². The van der Waals surface area contributed by atoms with Gasteiger partial charge in [-0.1, -0.05) is 23.4 Å². The van der Waals surface area contributed by atoms with Crippen LogP contribution in [0.4, 0.5) is 4.39 Å². The molecule has 3 rings (SSSR count). The fourth-order valence-corrected chi connectivity index (χ4v) is 3.14. The van der Waals surface area contributed by atoms with Crippen LogP contribution in [0.2, 0.25) is 0 Å². The maximum atomic E-state index is 13.9. The van der Waals surface area contributed by atoms with Gasteiger partial charge < -0.3 is 9.42 Å². The third-order valence-electron chi connectivity index (χ3n) is 4.58. The van der Waals surface area contributed by atoms with Gasteiger partial charge in [-0.25, -0.2) is 4.39 Å². The van der Waals surface area contributed by atoms with Gasteiger partial charge in [0.1, 0.15) is 11.6 Å². The Kier molecular flexibility index (Phi) is 4.94. The van der Waals surface area contributed by atoms with Crippen molar-refractivity contribution in [2.24, 2.45) is 0 Å². The Morgan fingerprint density at radius 1 is 1.29 bits per heavy atom. The zero-order valence-electron chi connectivity index (χ0n) is 14.0. The Morgan fingerprint density at radius 3 is 2.62 bits per heavy atom. The van der Waals surface area contributed by atoms with E-state index in [2.05, 4.69) is 10.1 Å². The quantitative estimate of drug-likeness (QED) is 0.864. The largest absolute Gasteiger partial charge is 0.361 e. The van der Waals surface area contributed by atoms with Crippen molar-refractivity contribution >= 4 is 5.91 Å². The van der Waals surface area contributed by atoms with Gasteiger partial charge in [0.05, 0.1) is 12.1 Å². The van der Waals surface area contributed by atoms with Crippen molar-refractivity contribution in [3.63, 3.8) is 0 Å². The van der Waals surface area contributed by atoms with Crippen LogP contribution in [0.5, 0.6) is 0 Å². The Bertz CT molecular complexity index is 708. The van der Waals surface area contributed by atoms with E-state index < -0.39 is 0 Å². The van der Waals surface area contributed by atoms with Crippen LogP contribution in [0.1, 0.15) is 30.0 Å². The van der Waals surface area contributed by atoms with Crippen molar-refractivity contribution in [2.75, 3.05) is 26.2 Å². The molecule has 0 N–H and O–H groups in total. The van der Waals surface area contributed by atoms with Gasteiger partial charge in [-0.2, -0.15) is 0 Å².